The molecule has 1 rings (SSSR count). The van der Waals surface area contributed by atoms with Crippen molar-refractivity contribution in [3.05, 3.63) is 35.1 Å². The van der Waals surface area contributed by atoms with Gasteiger partial charge in [0.15, 0.2) is 0 Å². The Kier molecular flexibility index (Phi) is 4.64. The highest BCUT2D eigenvalue weighted by atomic mass is 32.2. The molecule has 80 valence electrons. The van der Waals surface area contributed by atoms with Crippen LogP contribution < -0.4 is 0 Å². The van der Waals surface area contributed by atoms with Gasteiger partial charge in [0.2, 0.25) is 0 Å². The Labute approximate surface area is 94.3 Å². The predicted molar refractivity (Wildman–Crippen MR) is 62.2 cm³/mol. The van der Waals surface area contributed by atoms with Crippen LogP contribution in [0.15, 0.2) is 18.2 Å². The average molecular weight is 223 g/mol. The van der Waals surface area contributed by atoms with Crippen molar-refractivity contribution in [2.75, 3.05) is 0 Å². The molecule has 0 aliphatic carbocycles. The van der Waals surface area contributed by atoms with E-state index in [9.17, 15) is 4.39 Å². The molecule has 1 unspecified atom stereocenters. The maximum absolute atomic E-state index is 13.0. The minimum absolute atomic E-state index is 0.270. The largest absolute Gasteiger partial charge is 0.207 e. The zero-order valence-electron chi connectivity index (χ0n) is 8.96. The van der Waals surface area contributed by atoms with Gasteiger partial charge in [0.25, 0.3) is 0 Å². The van der Waals surface area contributed by atoms with Gasteiger partial charge in [-0.25, -0.2) is 4.39 Å². The van der Waals surface area contributed by atoms with Gasteiger partial charge in [-0.05, 0) is 30.2 Å². The SMILES string of the molecule is CCC(C)SCc1cc(F)ccc1C#N. The molecular weight excluding hydrogens is 209 g/mol. The molecule has 0 aliphatic heterocycles. The lowest BCUT2D eigenvalue weighted by Gasteiger charge is -2.09. The highest BCUT2D eigenvalue weighted by Gasteiger charge is 2.06. The van der Waals surface area contributed by atoms with Gasteiger partial charge >= 0.3 is 0 Å². The summed E-state index contributed by atoms with van der Waals surface area (Å²) in [6, 6.07) is 6.41. The van der Waals surface area contributed by atoms with Gasteiger partial charge in [-0.2, -0.15) is 17.0 Å². The number of hydrogen-bond acceptors (Lipinski definition) is 2. The van der Waals surface area contributed by atoms with E-state index in [1.54, 1.807) is 17.8 Å². The van der Waals surface area contributed by atoms with Crippen molar-refractivity contribution in [3.8, 4) is 6.07 Å². The summed E-state index contributed by atoms with van der Waals surface area (Å²) in [4.78, 5) is 0. The van der Waals surface area contributed by atoms with E-state index >= 15 is 0 Å². The predicted octanol–water partition coefficient (Wildman–Crippen LogP) is 3.73. The standard InChI is InChI=1S/C12H14FNS/c1-3-9(2)15-8-11-6-12(13)5-4-10(11)7-14/h4-6,9H,3,8H2,1-2H3. The molecule has 0 aromatic heterocycles. The van der Waals surface area contributed by atoms with Crippen molar-refractivity contribution in [3.63, 3.8) is 0 Å². The molecule has 0 saturated carbocycles. The molecule has 0 aliphatic rings. The van der Waals surface area contributed by atoms with Crippen LogP contribution in [-0.4, -0.2) is 5.25 Å². The molecule has 0 spiro atoms. The minimum Gasteiger partial charge on any atom is -0.207 e. The Balaban J connectivity index is 2.75. The Morgan fingerprint density at radius 1 is 1.53 bits per heavy atom. The van der Waals surface area contributed by atoms with Gasteiger partial charge in [-0.15, -0.1) is 0 Å². The third-order valence-electron chi connectivity index (χ3n) is 2.29. The average Bonchev–Trinajstić information content (AvgIpc) is 2.26. The second kappa shape index (κ2) is 5.77. The van der Waals surface area contributed by atoms with E-state index in [1.165, 1.54) is 12.1 Å². The van der Waals surface area contributed by atoms with Crippen molar-refractivity contribution in [1.29, 1.82) is 5.26 Å². The molecule has 0 saturated heterocycles. The van der Waals surface area contributed by atoms with Gasteiger partial charge < -0.3 is 0 Å². The molecule has 0 amide bonds. The summed E-state index contributed by atoms with van der Waals surface area (Å²) in [5.74, 6) is 0.434. The number of rotatable bonds is 4. The number of hydrogen-bond donors (Lipinski definition) is 0. The van der Waals surface area contributed by atoms with Crippen LogP contribution in [0.4, 0.5) is 4.39 Å². The van der Waals surface area contributed by atoms with Crippen LogP contribution in [-0.2, 0) is 5.75 Å². The van der Waals surface area contributed by atoms with E-state index in [0.717, 1.165) is 12.0 Å². The number of nitriles is 1. The van der Waals surface area contributed by atoms with Gasteiger partial charge in [0.1, 0.15) is 5.82 Å². The molecular formula is C12H14FNS. The monoisotopic (exact) mass is 223 g/mol. The highest BCUT2D eigenvalue weighted by Crippen LogP contribution is 2.22. The molecule has 1 aromatic rings. The lowest BCUT2D eigenvalue weighted by atomic mass is 10.1. The van der Waals surface area contributed by atoms with Crippen LogP contribution in [0.2, 0.25) is 0 Å². The van der Waals surface area contributed by atoms with Gasteiger partial charge in [0.05, 0.1) is 11.6 Å². The van der Waals surface area contributed by atoms with Crippen LogP contribution in [0.1, 0.15) is 31.4 Å². The second-order valence-corrected chi connectivity index (χ2v) is 4.87. The lowest BCUT2D eigenvalue weighted by Crippen LogP contribution is -1.96. The van der Waals surface area contributed by atoms with Crippen LogP contribution in [0.5, 0.6) is 0 Å². The maximum atomic E-state index is 13.0. The van der Waals surface area contributed by atoms with E-state index in [0.29, 0.717) is 16.6 Å². The smallest absolute Gasteiger partial charge is 0.123 e. The Morgan fingerprint density at radius 3 is 2.87 bits per heavy atom. The first-order valence-corrected chi connectivity index (χ1v) is 6.02. The fraction of sp³-hybridized carbons (Fsp3) is 0.417. The summed E-state index contributed by atoms with van der Waals surface area (Å²) in [7, 11) is 0. The lowest BCUT2D eigenvalue weighted by molar-refractivity contribution is 0.626. The summed E-state index contributed by atoms with van der Waals surface area (Å²) in [6.07, 6.45) is 1.09. The molecule has 0 fully saturated rings. The van der Waals surface area contributed by atoms with E-state index in [-0.39, 0.29) is 5.82 Å². The number of thioether (sulfide) groups is 1. The van der Waals surface area contributed by atoms with Gasteiger partial charge in [0, 0.05) is 11.0 Å². The normalized spacial score (nSPS) is 12.1. The van der Waals surface area contributed by atoms with E-state index in [4.69, 9.17) is 5.26 Å². The zero-order chi connectivity index (χ0) is 11.3. The van der Waals surface area contributed by atoms with Crippen LogP contribution >= 0.6 is 11.8 Å². The second-order valence-electron chi connectivity index (χ2n) is 3.44. The van der Waals surface area contributed by atoms with Crippen molar-refractivity contribution < 1.29 is 4.39 Å². The first-order chi connectivity index (χ1) is 7.17. The first-order valence-electron chi connectivity index (χ1n) is 4.97. The number of nitrogens with zero attached hydrogens (tertiary/aromatic N) is 1. The molecule has 3 heteroatoms. The van der Waals surface area contributed by atoms with Gasteiger partial charge in [-0.1, -0.05) is 13.8 Å². The van der Waals surface area contributed by atoms with Crippen molar-refractivity contribution in [2.24, 2.45) is 0 Å². The topological polar surface area (TPSA) is 23.8 Å². The number of halogens is 1. The van der Waals surface area contributed by atoms with Crippen molar-refractivity contribution in [2.45, 2.75) is 31.3 Å². The first kappa shape index (κ1) is 12.1. The molecule has 0 N–H and O–H groups in total. The minimum atomic E-state index is -0.270. The molecule has 0 heterocycles. The maximum Gasteiger partial charge on any atom is 0.123 e. The summed E-state index contributed by atoms with van der Waals surface area (Å²) >= 11 is 1.75. The van der Waals surface area contributed by atoms with Crippen LogP contribution in [0.25, 0.3) is 0 Å². The number of benzene rings is 1. The molecule has 1 aromatic carbocycles. The summed E-state index contributed by atoms with van der Waals surface area (Å²) in [6.45, 7) is 4.25. The zero-order valence-corrected chi connectivity index (χ0v) is 9.77. The van der Waals surface area contributed by atoms with Crippen LogP contribution in [0.3, 0.4) is 0 Å². The quantitative estimate of drug-likeness (QED) is 0.776. The van der Waals surface area contributed by atoms with E-state index in [1.807, 2.05) is 0 Å². The van der Waals surface area contributed by atoms with E-state index < -0.39 is 0 Å². The third kappa shape index (κ3) is 3.56. The van der Waals surface area contributed by atoms with Crippen LogP contribution in [0, 0.1) is 17.1 Å². The summed E-state index contributed by atoms with van der Waals surface area (Å²) in [5.41, 5.74) is 1.37. The Hall–Kier alpha value is -1.01. The molecule has 0 radical (unpaired) electrons. The highest BCUT2D eigenvalue weighted by molar-refractivity contribution is 7.99. The fourth-order valence-electron chi connectivity index (χ4n) is 1.14. The Bertz CT molecular complexity index is 370. The Morgan fingerprint density at radius 2 is 2.27 bits per heavy atom. The summed E-state index contributed by atoms with van der Waals surface area (Å²) in [5, 5.41) is 9.39. The molecule has 1 atom stereocenters. The van der Waals surface area contributed by atoms with Crippen molar-refractivity contribution in [1.82, 2.24) is 0 Å². The molecule has 1 nitrogen and oxygen atoms in total. The third-order valence-corrected chi connectivity index (χ3v) is 3.67. The van der Waals surface area contributed by atoms with Crippen molar-refractivity contribution >= 4 is 11.8 Å². The van der Waals surface area contributed by atoms with E-state index in [2.05, 4.69) is 19.9 Å². The molecule has 0 bridgehead atoms. The van der Waals surface area contributed by atoms with Gasteiger partial charge in [-0.3, -0.25) is 0 Å². The molecule has 15 heavy (non-hydrogen) atoms. The summed E-state index contributed by atoms with van der Waals surface area (Å²) < 4.78 is 13.0. The fourth-order valence-corrected chi connectivity index (χ4v) is 2.08.